The summed E-state index contributed by atoms with van der Waals surface area (Å²) in [7, 11) is -1.24. The lowest BCUT2D eigenvalue weighted by Crippen LogP contribution is -2.25. The van der Waals surface area contributed by atoms with Crippen LogP contribution in [0.1, 0.15) is 10.4 Å². The van der Waals surface area contributed by atoms with Crippen LogP contribution in [0.2, 0.25) is 5.02 Å². The molecule has 140 valence electrons. The molecular formula is C17H18ClNO6S. The van der Waals surface area contributed by atoms with Crippen LogP contribution in [0.4, 0.5) is 0 Å². The van der Waals surface area contributed by atoms with Crippen molar-refractivity contribution in [3.05, 3.63) is 59.1 Å². The monoisotopic (exact) mass is 399 g/mol. The molecule has 7 nitrogen and oxygen atoms in total. The van der Waals surface area contributed by atoms with E-state index in [-0.39, 0.29) is 23.7 Å². The molecule has 0 aliphatic heterocycles. The lowest BCUT2D eigenvalue weighted by molar-refractivity contribution is -0.0258. The molecule has 2 aromatic rings. The van der Waals surface area contributed by atoms with Gasteiger partial charge < -0.3 is 9.47 Å². The van der Waals surface area contributed by atoms with Gasteiger partial charge in [0.25, 0.3) is 10.0 Å². The summed E-state index contributed by atoms with van der Waals surface area (Å²) in [6, 6.07) is 12.2. The van der Waals surface area contributed by atoms with Gasteiger partial charge in [-0.05, 0) is 48.5 Å². The minimum atomic E-state index is -3.76. The van der Waals surface area contributed by atoms with E-state index in [4.69, 9.17) is 21.1 Å². The predicted molar refractivity (Wildman–Crippen MR) is 95.6 cm³/mol. The lowest BCUT2D eigenvalue weighted by atomic mass is 10.2. The summed E-state index contributed by atoms with van der Waals surface area (Å²) in [6.07, 6.45) is 0. The van der Waals surface area contributed by atoms with Crippen LogP contribution in [-0.2, 0) is 19.6 Å². The van der Waals surface area contributed by atoms with E-state index in [1.807, 2.05) is 0 Å². The molecular weight excluding hydrogens is 382 g/mol. The number of rotatable bonds is 8. The van der Waals surface area contributed by atoms with E-state index in [0.29, 0.717) is 10.8 Å². The molecule has 0 spiro atoms. The number of hydrogen-bond donors (Lipinski definition) is 0. The Morgan fingerprint density at radius 1 is 1.04 bits per heavy atom. The van der Waals surface area contributed by atoms with Crippen molar-refractivity contribution in [1.82, 2.24) is 4.47 Å². The third-order valence-corrected chi connectivity index (χ3v) is 5.33. The zero-order chi connectivity index (χ0) is 19.2. The number of carbonyl (C=O) groups excluding carboxylic acids is 1. The van der Waals surface area contributed by atoms with Gasteiger partial charge in [-0.1, -0.05) is 16.1 Å². The number of sulfonamides is 1. The number of halogens is 1. The van der Waals surface area contributed by atoms with Crippen LogP contribution in [0, 0.1) is 0 Å². The Labute approximate surface area is 157 Å². The Balaban J connectivity index is 1.87. The Bertz CT molecular complexity index is 837. The second-order valence-corrected chi connectivity index (χ2v) is 7.43. The average Bonchev–Trinajstić information content (AvgIpc) is 2.65. The fourth-order valence-corrected chi connectivity index (χ4v) is 3.02. The van der Waals surface area contributed by atoms with Crippen molar-refractivity contribution in [1.29, 1.82) is 0 Å². The first kappa shape index (κ1) is 20.2. The molecule has 0 aliphatic carbocycles. The highest BCUT2D eigenvalue weighted by molar-refractivity contribution is 7.89. The lowest BCUT2D eigenvalue weighted by Gasteiger charge is -2.14. The zero-order valence-corrected chi connectivity index (χ0v) is 15.8. The molecule has 0 saturated carbocycles. The maximum atomic E-state index is 12.1. The summed E-state index contributed by atoms with van der Waals surface area (Å²) in [5.74, 6) is 0.0380. The Morgan fingerprint density at radius 2 is 1.65 bits per heavy atom. The number of hydroxylamine groups is 1. The molecule has 2 rings (SSSR count). The molecule has 0 fully saturated rings. The quantitative estimate of drug-likeness (QED) is 0.385. The van der Waals surface area contributed by atoms with Crippen LogP contribution in [0.15, 0.2) is 53.4 Å². The average molecular weight is 400 g/mol. The molecule has 0 aromatic heterocycles. The van der Waals surface area contributed by atoms with Crippen molar-refractivity contribution in [3.8, 4) is 5.75 Å². The van der Waals surface area contributed by atoms with Gasteiger partial charge >= 0.3 is 5.97 Å². The predicted octanol–water partition coefficient (Wildman–Crippen LogP) is 2.76. The van der Waals surface area contributed by atoms with Gasteiger partial charge in [0.15, 0.2) is 0 Å². The highest BCUT2D eigenvalue weighted by Crippen LogP contribution is 2.16. The molecule has 0 saturated heterocycles. The number of benzene rings is 2. The van der Waals surface area contributed by atoms with Gasteiger partial charge in [0, 0.05) is 12.1 Å². The molecule has 0 atom stereocenters. The summed E-state index contributed by atoms with van der Waals surface area (Å²) in [4.78, 5) is 16.7. The summed E-state index contributed by atoms with van der Waals surface area (Å²) < 4.78 is 35.4. The van der Waals surface area contributed by atoms with Gasteiger partial charge in [-0.2, -0.15) is 0 Å². The number of ether oxygens (including phenoxy) is 2. The summed E-state index contributed by atoms with van der Waals surface area (Å²) >= 11 is 5.77. The first-order valence-corrected chi connectivity index (χ1v) is 9.35. The third-order valence-electron chi connectivity index (χ3n) is 3.38. The van der Waals surface area contributed by atoms with Gasteiger partial charge in [-0.15, -0.1) is 0 Å². The molecule has 2 aromatic carbocycles. The van der Waals surface area contributed by atoms with E-state index in [2.05, 4.69) is 4.84 Å². The molecule has 9 heteroatoms. The molecule has 0 heterocycles. The molecule has 0 amide bonds. The Kier molecular flexibility index (Phi) is 6.98. The molecule has 0 bridgehead atoms. The number of nitrogens with zero attached hydrogens (tertiary/aromatic N) is 1. The largest absolute Gasteiger partial charge is 0.490 e. The smallest absolute Gasteiger partial charge is 0.338 e. The Hall–Kier alpha value is -2.13. The molecule has 0 radical (unpaired) electrons. The van der Waals surface area contributed by atoms with E-state index in [1.165, 1.54) is 38.4 Å². The van der Waals surface area contributed by atoms with Crippen molar-refractivity contribution in [3.63, 3.8) is 0 Å². The summed E-state index contributed by atoms with van der Waals surface area (Å²) in [5.41, 5.74) is 0.232. The molecule has 0 N–H and O–H groups in total. The maximum Gasteiger partial charge on any atom is 0.338 e. The van der Waals surface area contributed by atoms with Crippen LogP contribution in [0.3, 0.4) is 0 Å². The van der Waals surface area contributed by atoms with Crippen LogP contribution in [0.5, 0.6) is 5.75 Å². The van der Waals surface area contributed by atoms with Crippen LogP contribution < -0.4 is 4.74 Å². The standard InChI is InChI=1S/C17H18ClNO6S/c1-19(23-2)26(21,22)16-9-3-13(4-10-16)17(20)25-12-11-24-15-7-5-14(18)6-8-15/h3-10H,11-12H2,1-2H3. The van der Waals surface area contributed by atoms with Crippen molar-refractivity contribution >= 4 is 27.6 Å². The van der Waals surface area contributed by atoms with Crippen molar-refractivity contribution in [2.45, 2.75) is 4.90 Å². The molecule has 26 heavy (non-hydrogen) atoms. The van der Waals surface area contributed by atoms with Gasteiger partial charge in [0.05, 0.1) is 17.6 Å². The third kappa shape index (κ3) is 5.18. The fraction of sp³-hybridized carbons (Fsp3) is 0.235. The number of carbonyl (C=O) groups is 1. The molecule has 0 unspecified atom stereocenters. The van der Waals surface area contributed by atoms with Crippen LogP contribution in [0.25, 0.3) is 0 Å². The van der Waals surface area contributed by atoms with Crippen molar-refractivity contribution in [2.24, 2.45) is 0 Å². The first-order chi connectivity index (χ1) is 12.3. The highest BCUT2D eigenvalue weighted by Gasteiger charge is 2.21. The van der Waals surface area contributed by atoms with Gasteiger partial charge in [-0.3, -0.25) is 4.84 Å². The summed E-state index contributed by atoms with van der Waals surface area (Å²) in [6.45, 7) is 0.229. The minimum Gasteiger partial charge on any atom is -0.490 e. The van der Waals surface area contributed by atoms with E-state index >= 15 is 0 Å². The van der Waals surface area contributed by atoms with E-state index in [0.717, 1.165) is 4.47 Å². The SMILES string of the molecule is CON(C)S(=O)(=O)c1ccc(C(=O)OCCOc2ccc(Cl)cc2)cc1. The number of esters is 1. The van der Waals surface area contributed by atoms with E-state index in [9.17, 15) is 13.2 Å². The summed E-state index contributed by atoms with van der Waals surface area (Å²) in [5, 5.41) is 0.603. The first-order valence-electron chi connectivity index (χ1n) is 7.53. The van der Waals surface area contributed by atoms with Crippen molar-refractivity contribution in [2.75, 3.05) is 27.4 Å². The van der Waals surface area contributed by atoms with Crippen molar-refractivity contribution < 1.29 is 27.5 Å². The maximum absolute atomic E-state index is 12.1. The minimum absolute atomic E-state index is 0.00414. The van der Waals surface area contributed by atoms with Gasteiger partial charge in [0.2, 0.25) is 0 Å². The van der Waals surface area contributed by atoms with Gasteiger partial charge in [-0.25, -0.2) is 13.2 Å². The van der Waals surface area contributed by atoms with E-state index < -0.39 is 16.0 Å². The Morgan fingerprint density at radius 3 is 2.23 bits per heavy atom. The second kappa shape index (κ2) is 9.00. The fourth-order valence-electron chi connectivity index (χ4n) is 1.92. The topological polar surface area (TPSA) is 82.1 Å². The van der Waals surface area contributed by atoms with Crippen LogP contribution in [-0.4, -0.2) is 46.2 Å². The van der Waals surface area contributed by atoms with E-state index in [1.54, 1.807) is 24.3 Å². The van der Waals surface area contributed by atoms with Crippen LogP contribution >= 0.6 is 11.6 Å². The highest BCUT2D eigenvalue weighted by atomic mass is 35.5. The molecule has 0 aliphatic rings. The second-order valence-electron chi connectivity index (χ2n) is 5.06. The van der Waals surface area contributed by atoms with Gasteiger partial charge in [0.1, 0.15) is 19.0 Å². The zero-order valence-electron chi connectivity index (χ0n) is 14.2. The number of hydrogen-bond acceptors (Lipinski definition) is 6. The normalized spacial score (nSPS) is 11.4.